The van der Waals surface area contributed by atoms with Crippen molar-refractivity contribution in [2.24, 2.45) is 45.3 Å². The van der Waals surface area contributed by atoms with Gasteiger partial charge in [0.15, 0.2) is 0 Å². The zero-order valence-corrected chi connectivity index (χ0v) is 23.1. The predicted octanol–water partition coefficient (Wildman–Crippen LogP) is 5.47. The molecule has 4 aliphatic carbocycles. The van der Waals surface area contributed by atoms with Gasteiger partial charge in [0.05, 0.1) is 23.9 Å². The van der Waals surface area contributed by atoms with Gasteiger partial charge in [0, 0.05) is 0 Å². The summed E-state index contributed by atoms with van der Waals surface area (Å²) in [6.45, 7) is 17.5. The van der Waals surface area contributed by atoms with E-state index in [4.69, 9.17) is 0 Å². The number of hydrogen-bond acceptors (Lipinski definition) is 4. The summed E-state index contributed by atoms with van der Waals surface area (Å²) in [5.41, 5.74) is -0.230. The smallest absolute Gasteiger partial charge is 0.0654 e. The van der Waals surface area contributed by atoms with Gasteiger partial charge in [-0.05, 0) is 117 Å². The van der Waals surface area contributed by atoms with Gasteiger partial charge in [0.2, 0.25) is 0 Å². The molecule has 4 saturated carbocycles. The minimum absolute atomic E-state index is 0.0264. The molecule has 4 rings (SSSR count). The highest BCUT2D eigenvalue weighted by molar-refractivity contribution is 5.21. The molecule has 196 valence electrons. The van der Waals surface area contributed by atoms with Crippen LogP contribution in [0.1, 0.15) is 107 Å². The Balaban J connectivity index is 1.70. The number of fused-ring (bicyclic) bond motifs is 5. The molecule has 4 fully saturated rings. The van der Waals surface area contributed by atoms with E-state index in [1.165, 1.54) is 5.57 Å². The van der Waals surface area contributed by atoms with Crippen LogP contribution in [0.25, 0.3) is 0 Å². The normalized spacial score (nSPS) is 51.6. The molecule has 4 aliphatic rings. The van der Waals surface area contributed by atoms with Crippen LogP contribution >= 0.6 is 0 Å². The lowest BCUT2D eigenvalue weighted by Crippen LogP contribution is -2.69. The highest BCUT2D eigenvalue weighted by atomic mass is 16.3. The molecule has 2 unspecified atom stereocenters. The molecule has 0 aromatic carbocycles. The van der Waals surface area contributed by atoms with Crippen molar-refractivity contribution in [3.63, 3.8) is 0 Å². The summed E-state index contributed by atoms with van der Waals surface area (Å²) in [5.74, 6) is 0.442. The fourth-order valence-electron chi connectivity index (χ4n) is 10.5. The average Bonchev–Trinajstić information content (AvgIpc) is 3.07. The topological polar surface area (TPSA) is 80.9 Å². The van der Waals surface area contributed by atoms with Crippen LogP contribution in [0.3, 0.4) is 0 Å². The lowest BCUT2D eigenvalue weighted by molar-refractivity contribution is -0.274. The van der Waals surface area contributed by atoms with E-state index in [-0.39, 0.29) is 39.4 Å². The maximum Gasteiger partial charge on any atom is 0.0654 e. The Morgan fingerprint density at radius 1 is 0.941 bits per heavy atom. The molecule has 0 aromatic heterocycles. The van der Waals surface area contributed by atoms with Crippen molar-refractivity contribution in [3.05, 3.63) is 11.6 Å². The third kappa shape index (κ3) is 3.60. The summed E-state index contributed by atoms with van der Waals surface area (Å²) >= 11 is 0. The molecule has 0 radical (unpaired) electrons. The van der Waals surface area contributed by atoms with Crippen molar-refractivity contribution in [2.75, 3.05) is 0 Å². The van der Waals surface area contributed by atoms with Crippen molar-refractivity contribution in [3.8, 4) is 0 Å². The molecular weight excluding hydrogens is 424 g/mol. The fraction of sp³-hybridized carbons (Fsp3) is 0.933. The largest absolute Gasteiger partial charge is 0.393 e. The van der Waals surface area contributed by atoms with Gasteiger partial charge in [-0.1, -0.05) is 46.3 Å². The van der Waals surface area contributed by atoms with E-state index < -0.39 is 23.9 Å². The van der Waals surface area contributed by atoms with Gasteiger partial charge in [-0.2, -0.15) is 0 Å². The molecule has 0 bridgehead atoms. The van der Waals surface area contributed by atoms with E-state index in [2.05, 4.69) is 54.5 Å². The Morgan fingerprint density at radius 3 is 2.21 bits per heavy atom. The third-order valence-electron chi connectivity index (χ3n) is 12.3. The van der Waals surface area contributed by atoms with Crippen LogP contribution in [0, 0.1) is 45.3 Å². The van der Waals surface area contributed by atoms with E-state index in [0.29, 0.717) is 5.92 Å². The van der Waals surface area contributed by atoms with Gasteiger partial charge in [-0.3, -0.25) is 0 Å². The number of rotatable bonds is 4. The molecule has 4 heteroatoms. The maximum atomic E-state index is 11.8. The second kappa shape index (κ2) is 8.30. The number of aliphatic hydroxyl groups is 4. The van der Waals surface area contributed by atoms with E-state index in [1.807, 2.05) is 6.92 Å². The lowest BCUT2D eigenvalue weighted by atomic mass is 9.34. The Bertz CT molecular complexity index is 813. The number of hydrogen-bond donors (Lipinski definition) is 4. The quantitative estimate of drug-likeness (QED) is 0.406. The van der Waals surface area contributed by atoms with Crippen molar-refractivity contribution in [1.29, 1.82) is 0 Å². The second-order valence-electron chi connectivity index (χ2n) is 14.7. The van der Waals surface area contributed by atoms with Gasteiger partial charge in [-0.25, -0.2) is 0 Å². The molecule has 11 atom stereocenters. The van der Waals surface area contributed by atoms with Crippen LogP contribution in [-0.4, -0.2) is 44.3 Å². The maximum absolute atomic E-state index is 11.8. The molecule has 0 aliphatic heterocycles. The Morgan fingerprint density at radius 2 is 1.59 bits per heavy atom. The lowest BCUT2D eigenvalue weighted by Gasteiger charge is -2.71. The average molecular weight is 477 g/mol. The van der Waals surface area contributed by atoms with Crippen molar-refractivity contribution in [2.45, 2.75) is 131 Å². The van der Waals surface area contributed by atoms with Crippen LogP contribution in [0.15, 0.2) is 11.6 Å². The van der Waals surface area contributed by atoms with Gasteiger partial charge < -0.3 is 20.4 Å². The molecule has 0 spiro atoms. The zero-order valence-electron chi connectivity index (χ0n) is 23.1. The zero-order chi connectivity index (χ0) is 25.5. The molecule has 4 nitrogen and oxygen atoms in total. The monoisotopic (exact) mass is 476 g/mol. The molecule has 0 amide bonds. The van der Waals surface area contributed by atoms with Crippen LogP contribution < -0.4 is 0 Å². The van der Waals surface area contributed by atoms with Crippen LogP contribution in [0.2, 0.25) is 0 Å². The second-order valence-corrected chi connectivity index (χ2v) is 14.7. The summed E-state index contributed by atoms with van der Waals surface area (Å²) in [6.07, 6.45) is 7.54. The summed E-state index contributed by atoms with van der Waals surface area (Å²) < 4.78 is 0. The van der Waals surface area contributed by atoms with E-state index >= 15 is 0 Å². The van der Waals surface area contributed by atoms with Crippen LogP contribution in [-0.2, 0) is 0 Å². The molecule has 0 aromatic rings. The van der Waals surface area contributed by atoms with Gasteiger partial charge >= 0.3 is 0 Å². The summed E-state index contributed by atoms with van der Waals surface area (Å²) in [6, 6.07) is 0. The predicted molar refractivity (Wildman–Crippen MR) is 137 cm³/mol. The molecule has 0 saturated heterocycles. The summed E-state index contributed by atoms with van der Waals surface area (Å²) in [4.78, 5) is 0. The molecule has 34 heavy (non-hydrogen) atoms. The van der Waals surface area contributed by atoms with Crippen molar-refractivity contribution < 1.29 is 20.4 Å². The first kappa shape index (κ1) is 26.6. The Labute approximate surface area is 208 Å². The Kier molecular flexibility index (Phi) is 6.50. The highest BCUT2D eigenvalue weighted by Crippen LogP contribution is 2.75. The van der Waals surface area contributed by atoms with Crippen molar-refractivity contribution >= 4 is 0 Å². The first-order chi connectivity index (χ1) is 15.5. The fourth-order valence-corrected chi connectivity index (χ4v) is 10.5. The number of aliphatic hydroxyl groups excluding tert-OH is 3. The van der Waals surface area contributed by atoms with Gasteiger partial charge in [-0.15, -0.1) is 0 Å². The van der Waals surface area contributed by atoms with Crippen LogP contribution in [0.4, 0.5) is 0 Å². The van der Waals surface area contributed by atoms with Crippen LogP contribution in [0.5, 0.6) is 0 Å². The van der Waals surface area contributed by atoms with Crippen molar-refractivity contribution in [1.82, 2.24) is 0 Å². The number of allylic oxidation sites excluding steroid dienone is 2. The van der Waals surface area contributed by atoms with Gasteiger partial charge in [0.25, 0.3) is 0 Å². The standard InChI is InChI=1S/C30H52O4/c1-18(2)10-9-13-30(8,34)19-11-15-28(6)24(19)20(31)16-22-27(5)14-12-23(33)26(3,4)25(27)21(32)17-29(22,28)7/h10,19-25,31-34H,9,11-17H2,1-8H3/t19-,20-,21-,22-,23+,24-,25-,27?,28-,29+,30?/m0/s1. The highest BCUT2D eigenvalue weighted by Gasteiger charge is 2.72. The SMILES string of the molecule is CC(C)=CCCC(C)(O)[C@H]1CC[C@@]2(C)[C@@H]1[C@@H](O)C[C@H]1C3(C)CC[C@@H](O)C(C)(C)[C@@H]3[C@@H](O)C[C@]12C. The summed E-state index contributed by atoms with van der Waals surface area (Å²) in [5, 5.41) is 46.0. The van der Waals surface area contributed by atoms with E-state index in [9.17, 15) is 20.4 Å². The third-order valence-corrected chi connectivity index (χ3v) is 12.3. The first-order valence-corrected chi connectivity index (χ1v) is 13.9. The summed E-state index contributed by atoms with van der Waals surface area (Å²) in [7, 11) is 0. The minimum Gasteiger partial charge on any atom is -0.393 e. The van der Waals surface area contributed by atoms with Gasteiger partial charge in [0.1, 0.15) is 0 Å². The molecule has 4 N–H and O–H groups in total. The Hall–Kier alpha value is -0.420. The minimum atomic E-state index is -0.810. The first-order valence-electron chi connectivity index (χ1n) is 13.9. The molecule has 0 heterocycles. The van der Waals surface area contributed by atoms with E-state index in [0.717, 1.165) is 51.4 Å². The van der Waals surface area contributed by atoms with E-state index in [1.54, 1.807) is 0 Å². The molecular formula is C30H52O4.